The molecule has 2 aromatic carbocycles. The van der Waals surface area contributed by atoms with E-state index in [4.69, 9.17) is 0 Å². The first-order valence-corrected chi connectivity index (χ1v) is 12.0. The van der Waals surface area contributed by atoms with Crippen molar-refractivity contribution in [2.75, 3.05) is 18.4 Å². The van der Waals surface area contributed by atoms with Gasteiger partial charge in [0.25, 0.3) is 5.91 Å². The number of aromatic hydroxyl groups is 1. The standard InChI is InChI=1S/C23H29N3O5S/c1-15(2)21(25-22(28)17-8-6-16(3)7-9-17)23(29)24-19-14-18(10-11-20(19)27)32(30,31)26-12-4-5-13-26/h6-11,14-15,21,27H,4-5,12-13H2,1-3H3,(H,24,29)(H,25,28)/t21-/m0/s1. The average Bonchev–Trinajstić information content (AvgIpc) is 3.29. The van der Waals surface area contributed by atoms with E-state index in [2.05, 4.69) is 10.6 Å². The van der Waals surface area contributed by atoms with Gasteiger partial charge in [0.1, 0.15) is 11.8 Å². The monoisotopic (exact) mass is 459 g/mol. The van der Waals surface area contributed by atoms with Crippen LogP contribution in [0.2, 0.25) is 0 Å². The second-order valence-corrected chi connectivity index (χ2v) is 10.3. The summed E-state index contributed by atoms with van der Waals surface area (Å²) in [4.78, 5) is 25.5. The van der Waals surface area contributed by atoms with Crippen molar-refractivity contribution in [3.05, 3.63) is 53.6 Å². The molecule has 8 nitrogen and oxygen atoms in total. The van der Waals surface area contributed by atoms with Gasteiger partial charge in [-0.2, -0.15) is 4.31 Å². The fourth-order valence-corrected chi connectivity index (χ4v) is 5.07. The van der Waals surface area contributed by atoms with E-state index in [0.29, 0.717) is 18.7 Å². The zero-order chi connectivity index (χ0) is 23.5. The van der Waals surface area contributed by atoms with Crippen LogP contribution in [0, 0.1) is 12.8 Å². The van der Waals surface area contributed by atoms with Gasteiger partial charge in [0.15, 0.2) is 0 Å². The summed E-state index contributed by atoms with van der Waals surface area (Å²) in [5, 5.41) is 15.5. The van der Waals surface area contributed by atoms with Gasteiger partial charge < -0.3 is 15.7 Å². The van der Waals surface area contributed by atoms with Crippen LogP contribution in [0.1, 0.15) is 42.6 Å². The molecule has 0 aromatic heterocycles. The number of hydrogen-bond donors (Lipinski definition) is 3. The van der Waals surface area contributed by atoms with Crippen LogP contribution < -0.4 is 10.6 Å². The van der Waals surface area contributed by atoms with Gasteiger partial charge in [-0.05, 0) is 56.0 Å². The smallest absolute Gasteiger partial charge is 0.251 e. The predicted molar refractivity (Wildman–Crippen MR) is 122 cm³/mol. The fraction of sp³-hybridized carbons (Fsp3) is 0.391. The maximum atomic E-state index is 12.9. The third-order valence-corrected chi connectivity index (χ3v) is 7.37. The van der Waals surface area contributed by atoms with Crippen LogP contribution in [0.3, 0.4) is 0 Å². The zero-order valence-corrected chi connectivity index (χ0v) is 19.3. The van der Waals surface area contributed by atoms with Crippen molar-refractivity contribution in [2.45, 2.75) is 44.6 Å². The molecule has 0 bridgehead atoms. The highest BCUT2D eigenvalue weighted by Gasteiger charge is 2.29. The molecule has 32 heavy (non-hydrogen) atoms. The largest absolute Gasteiger partial charge is 0.506 e. The van der Waals surface area contributed by atoms with E-state index in [1.807, 2.05) is 19.1 Å². The average molecular weight is 460 g/mol. The van der Waals surface area contributed by atoms with Crippen LogP contribution in [0.4, 0.5) is 5.69 Å². The number of sulfonamides is 1. The summed E-state index contributed by atoms with van der Waals surface area (Å²) in [7, 11) is -3.71. The molecular formula is C23H29N3O5S. The number of aryl methyl sites for hydroxylation is 1. The van der Waals surface area contributed by atoms with Gasteiger partial charge in [0, 0.05) is 18.7 Å². The summed E-state index contributed by atoms with van der Waals surface area (Å²) >= 11 is 0. The second-order valence-electron chi connectivity index (χ2n) is 8.34. The fourth-order valence-electron chi connectivity index (χ4n) is 3.53. The number of nitrogens with zero attached hydrogens (tertiary/aromatic N) is 1. The van der Waals surface area contributed by atoms with Gasteiger partial charge >= 0.3 is 0 Å². The Bertz CT molecular complexity index is 1090. The molecule has 9 heteroatoms. The van der Waals surface area contributed by atoms with Crippen molar-refractivity contribution in [1.82, 2.24) is 9.62 Å². The number of carbonyl (C=O) groups excluding carboxylic acids is 2. The van der Waals surface area contributed by atoms with Gasteiger partial charge in [0.2, 0.25) is 15.9 Å². The van der Waals surface area contributed by atoms with E-state index in [1.165, 1.54) is 22.5 Å². The summed E-state index contributed by atoms with van der Waals surface area (Å²) in [6.07, 6.45) is 1.61. The van der Waals surface area contributed by atoms with Gasteiger partial charge in [-0.3, -0.25) is 9.59 Å². The Hall–Kier alpha value is -2.91. The Morgan fingerprint density at radius 1 is 1.03 bits per heavy atom. The number of phenolic OH excluding ortho intramolecular Hbond substituents is 1. The molecule has 2 amide bonds. The summed E-state index contributed by atoms with van der Waals surface area (Å²) in [6.45, 7) is 6.38. The van der Waals surface area contributed by atoms with Crippen molar-refractivity contribution in [2.24, 2.45) is 5.92 Å². The van der Waals surface area contributed by atoms with E-state index >= 15 is 0 Å². The SMILES string of the molecule is Cc1ccc(C(=O)N[C@H](C(=O)Nc2cc(S(=O)(=O)N3CCCC3)ccc2O)C(C)C)cc1. The van der Waals surface area contributed by atoms with E-state index in [0.717, 1.165) is 18.4 Å². The van der Waals surface area contributed by atoms with Crippen LogP contribution in [0.25, 0.3) is 0 Å². The van der Waals surface area contributed by atoms with Gasteiger partial charge in [-0.25, -0.2) is 8.42 Å². The molecule has 0 spiro atoms. The molecule has 3 N–H and O–H groups in total. The van der Waals surface area contributed by atoms with Crippen LogP contribution in [0.5, 0.6) is 5.75 Å². The molecule has 1 atom stereocenters. The lowest BCUT2D eigenvalue weighted by Crippen LogP contribution is -2.47. The Morgan fingerprint density at radius 3 is 2.25 bits per heavy atom. The highest BCUT2D eigenvalue weighted by molar-refractivity contribution is 7.89. The summed E-state index contributed by atoms with van der Waals surface area (Å²) in [6, 6.07) is 9.90. The normalized spacial score (nSPS) is 15.5. The molecule has 1 heterocycles. The van der Waals surface area contributed by atoms with Crippen molar-refractivity contribution >= 4 is 27.5 Å². The molecule has 0 unspecified atom stereocenters. The minimum absolute atomic E-state index is 0.00251. The maximum Gasteiger partial charge on any atom is 0.251 e. The first kappa shape index (κ1) is 23.7. The Kier molecular flexibility index (Phi) is 7.20. The number of hydrogen-bond acceptors (Lipinski definition) is 5. The molecule has 3 rings (SSSR count). The number of rotatable bonds is 7. The minimum Gasteiger partial charge on any atom is -0.506 e. The van der Waals surface area contributed by atoms with Gasteiger partial charge in [0.05, 0.1) is 10.6 Å². The van der Waals surface area contributed by atoms with E-state index in [-0.39, 0.29) is 22.3 Å². The molecule has 0 saturated carbocycles. The number of amides is 2. The van der Waals surface area contributed by atoms with E-state index in [9.17, 15) is 23.1 Å². The third-order valence-electron chi connectivity index (χ3n) is 5.48. The maximum absolute atomic E-state index is 12.9. The molecule has 1 fully saturated rings. The number of anilines is 1. The molecule has 1 saturated heterocycles. The lowest BCUT2D eigenvalue weighted by atomic mass is 10.0. The summed E-state index contributed by atoms with van der Waals surface area (Å²) in [5.74, 6) is -1.45. The van der Waals surface area contributed by atoms with Crippen LogP contribution in [0.15, 0.2) is 47.4 Å². The number of phenols is 1. The predicted octanol–water partition coefficient (Wildman–Crippen LogP) is 2.88. The highest BCUT2D eigenvalue weighted by Crippen LogP contribution is 2.29. The van der Waals surface area contributed by atoms with E-state index < -0.39 is 27.9 Å². The van der Waals surface area contributed by atoms with Gasteiger partial charge in [-0.1, -0.05) is 31.5 Å². The van der Waals surface area contributed by atoms with E-state index in [1.54, 1.807) is 26.0 Å². The molecule has 1 aliphatic rings. The van der Waals surface area contributed by atoms with Gasteiger partial charge in [-0.15, -0.1) is 0 Å². The van der Waals surface area contributed by atoms with Crippen molar-refractivity contribution in [3.63, 3.8) is 0 Å². The van der Waals surface area contributed by atoms with Crippen molar-refractivity contribution < 1.29 is 23.1 Å². The highest BCUT2D eigenvalue weighted by atomic mass is 32.2. The third kappa shape index (κ3) is 5.28. The van der Waals surface area contributed by atoms with Crippen LogP contribution >= 0.6 is 0 Å². The minimum atomic E-state index is -3.71. The first-order valence-electron chi connectivity index (χ1n) is 10.6. The van der Waals surface area contributed by atoms with Crippen LogP contribution in [-0.2, 0) is 14.8 Å². The second kappa shape index (κ2) is 9.70. The molecule has 0 aliphatic carbocycles. The van der Waals surface area contributed by atoms with Crippen LogP contribution in [-0.4, -0.2) is 48.8 Å². The Balaban J connectivity index is 1.79. The molecule has 172 valence electrons. The zero-order valence-electron chi connectivity index (χ0n) is 18.5. The Labute approximate surface area is 188 Å². The number of benzene rings is 2. The Morgan fingerprint density at radius 2 is 1.66 bits per heavy atom. The van der Waals surface area contributed by atoms with Crippen molar-refractivity contribution in [3.8, 4) is 5.75 Å². The lowest BCUT2D eigenvalue weighted by Gasteiger charge is -2.22. The van der Waals surface area contributed by atoms with Crippen molar-refractivity contribution in [1.29, 1.82) is 0 Å². The topological polar surface area (TPSA) is 116 Å². The first-order chi connectivity index (χ1) is 15.1. The lowest BCUT2D eigenvalue weighted by molar-refractivity contribution is -0.118. The summed E-state index contributed by atoms with van der Waals surface area (Å²) < 4.78 is 27.0. The molecule has 1 aliphatic heterocycles. The number of carbonyl (C=O) groups is 2. The molecule has 2 aromatic rings. The molecule has 0 radical (unpaired) electrons. The number of nitrogens with one attached hydrogen (secondary N) is 2. The quantitative estimate of drug-likeness (QED) is 0.551. The molecular weight excluding hydrogens is 430 g/mol. The summed E-state index contributed by atoms with van der Waals surface area (Å²) in [5.41, 5.74) is 1.42.